The normalized spacial score (nSPS) is 12.0. The third-order valence-electron chi connectivity index (χ3n) is 2.25. The van der Waals surface area contributed by atoms with Gasteiger partial charge in [0.15, 0.2) is 0 Å². The average Bonchev–Trinajstić information content (AvgIpc) is 2.48. The van der Waals surface area contributed by atoms with Crippen molar-refractivity contribution in [1.82, 2.24) is 15.1 Å². The second-order valence-corrected chi connectivity index (χ2v) is 4.99. The summed E-state index contributed by atoms with van der Waals surface area (Å²) < 4.78 is 1.83. The van der Waals surface area contributed by atoms with E-state index >= 15 is 0 Å². The molecule has 0 bridgehead atoms. The molecule has 0 radical (unpaired) electrons. The zero-order chi connectivity index (χ0) is 10.6. The topological polar surface area (TPSA) is 29.9 Å². The van der Waals surface area contributed by atoms with Gasteiger partial charge in [-0.15, -0.1) is 0 Å². The lowest BCUT2D eigenvalue weighted by Gasteiger charge is -2.25. The summed E-state index contributed by atoms with van der Waals surface area (Å²) in [5.74, 6) is 0. The van der Waals surface area contributed by atoms with E-state index < -0.39 is 0 Å². The maximum atomic E-state index is 4.13. The SMILES string of the molecule is Cn1cc(CNC(C)(C)CCBr)cn1. The first-order chi connectivity index (χ1) is 6.53. The van der Waals surface area contributed by atoms with E-state index in [4.69, 9.17) is 0 Å². The van der Waals surface area contributed by atoms with Crippen LogP contribution in [-0.2, 0) is 13.6 Å². The van der Waals surface area contributed by atoms with Crippen molar-refractivity contribution in [3.8, 4) is 0 Å². The van der Waals surface area contributed by atoms with Crippen LogP contribution in [0.3, 0.4) is 0 Å². The molecule has 4 heteroatoms. The predicted octanol–water partition coefficient (Wildman–Crippen LogP) is 2.07. The summed E-state index contributed by atoms with van der Waals surface area (Å²) in [5.41, 5.74) is 1.41. The number of aromatic nitrogens is 2. The second-order valence-electron chi connectivity index (χ2n) is 4.20. The fraction of sp³-hybridized carbons (Fsp3) is 0.700. The number of hydrogen-bond acceptors (Lipinski definition) is 2. The molecule has 1 heterocycles. The predicted molar refractivity (Wildman–Crippen MR) is 62.5 cm³/mol. The van der Waals surface area contributed by atoms with Gasteiger partial charge in [0.05, 0.1) is 6.20 Å². The van der Waals surface area contributed by atoms with E-state index in [0.717, 1.165) is 18.3 Å². The zero-order valence-electron chi connectivity index (χ0n) is 9.05. The smallest absolute Gasteiger partial charge is 0.0534 e. The monoisotopic (exact) mass is 259 g/mol. The van der Waals surface area contributed by atoms with E-state index in [2.05, 4.69) is 40.2 Å². The van der Waals surface area contributed by atoms with Crippen molar-refractivity contribution in [2.24, 2.45) is 7.05 Å². The number of alkyl halides is 1. The molecule has 0 aliphatic heterocycles. The third-order valence-corrected chi connectivity index (χ3v) is 2.65. The second kappa shape index (κ2) is 4.94. The summed E-state index contributed by atoms with van der Waals surface area (Å²) >= 11 is 3.46. The molecule has 0 aliphatic carbocycles. The lowest BCUT2D eigenvalue weighted by Crippen LogP contribution is -2.38. The quantitative estimate of drug-likeness (QED) is 0.821. The molecule has 0 unspecified atom stereocenters. The lowest BCUT2D eigenvalue weighted by molar-refractivity contribution is 0.378. The van der Waals surface area contributed by atoms with E-state index in [1.807, 2.05) is 24.1 Å². The zero-order valence-corrected chi connectivity index (χ0v) is 10.6. The van der Waals surface area contributed by atoms with Gasteiger partial charge in [-0.1, -0.05) is 15.9 Å². The highest BCUT2D eigenvalue weighted by Gasteiger charge is 2.15. The van der Waals surface area contributed by atoms with Crippen molar-refractivity contribution in [2.45, 2.75) is 32.4 Å². The Balaban J connectivity index is 2.40. The molecule has 0 aromatic carbocycles. The van der Waals surface area contributed by atoms with Gasteiger partial charge in [-0.25, -0.2) is 0 Å². The molecule has 14 heavy (non-hydrogen) atoms. The van der Waals surface area contributed by atoms with Crippen molar-refractivity contribution in [3.05, 3.63) is 18.0 Å². The van der Waals surface area contributed by atoms with E-state index in [0.29, 0.717) is 0 Å². The molecule has 0 aliphatic rings. The van der Waals surface area contributed by atoms with Gasteiger partial charge < -0.3 is 5.32 Å². The largest absolute Gasteiger partial charge is 0.308 e. The van der Waals surface area contributed by atoms with Crippen LogP contribution < -0.4 is 5.32 Å². The fourth-order valence-corrected chi connectivity index (χ4v) is 2.22. The third kappa shape index (κ3) is 3.80. The lowest BCUT2D eigenvalue weighted by atomic mass is 10.0. The van der Waals surface area contributed by atoms with Crippen LogP contribution in [0.5, 0.6) is 0 Å². The maximum Gasteiger partial charge on any atom is 0.0534 e. The summed E-state index contributed by atoms with van der Waals surface area (Å²) in [5, 5.41) is 8.66. The molecular formula is C10H18BrN3. The van der Waals surface area contributed by atoms with Crippen LogP contribution in [-0.4, -0.2) is 20.6 Å². The van der Waals surface area contributed by atoms with Crippen LogP contribution >= 0.6 is 15.9 Å². The molecule has 1 rings (SSSR count). The Morgan fingerprint density at radius 3 is 2.79 bits per heavy atom. The number of hydrogen-bond donors (Lipinski definition) is 1. The molecule has 0 atom stereocenters. The molecule has 1 aromatic heterocycles. The Morgan fingerprint density at radius 2 is 2.29 bits per heavy atom. The first kappa shape index (κ1) is 11.7. The number of nitrogens with zero attached hydrogens (tertiary/aromatic N) is 2. The number of aryl methyl sites for hydroxylation is 1. The molecule has 0 spiro atoms. The fourth-order valence-electron chi connectivity index (χ4n) is 1.23. The van der Waals surface area contributed by atoms with Gasteiger partial charge in [-0.2, -0.15) is 5.10 Å². The molecule has 0 saturated carbocycles. The Labute approximate surface area is 94.0 Å². The van der Waals surface area contributed by atoms with Crippen LogP contribution in [0.1, 0.15) is 25.8 Å². The summed E-state index contributed by atoms with van der Waals surface area (Å²) in [4.78, 5) is 0. The molecule has 0 fully saturated rings. The van der Waals surface area contributed by atoms with Gasteiger partial charge in [-0.3, -0.25) is 4.68 Å². The standard InChI is InChI=1S/C10H18BrN3/c1-10(2,4-5-11)12-6-9-7-13-14(3)8-9/h7-8,12H,4-6H2,1-3H3. The van der Waals surface area contributed by atoms with Gasteiger partial charge in [0, 0.05) is 36.2 Å². The van der Waals surface area contributed by atoms with Crippen molar-refractivity contribution >= 4 is 15.9 Å². The Hall–Kier alpha value is -0.350. The van der Waals surface area contributed by atoms with Crippen LogP contribution in [0.2, 0.25) is 0 Å². The first-order valence-corrected chi connectivity index (χ1v) is 5.94. The molecule has 0 amide bonds. The summed E-state index contributed by atoms with van der Waals surface area (Å²) in [7, 11) is 1.94. The van der Waals surface area contributed by atoms with E-state index in [9.17, 15) is 0 Å². The minimum absolute atomic E-state index is 0.180. The minimum atomic E-state index is 0.180. The molecular weight excluding hydrogens is 242 g/mol. The van der Waals surface area contributed by atoms with Crippen molar-refractivity contribution in [3.63, 3.8) is 0 Å². The van der Waals surface area contributed by atoms with Gasteiger partial charge >= 0.3 is 0 Å². The molecule has 3 nitrogen and oxygen atoms in total. The molecule has 1 N–H and O–H groups in total. The molecule has 1 aromatic rings. The minimum Gasteiger partial charge on any atom is -0.308 e. The van der Waals surface area contributed by atoms with Gasteiger partial charge in [0.2, 0.25) is 0 Å². The van der Waals surface area contributed by atoms with Gasteiger partial charge in [-0.05, 0) is 20.3 Å². The number of rotatable bonds is 5. The van der Waals surface area contributed by atoms with Gasteiger partial charge in [0.25, 0.3) is 0 Å². The first-order valence-electron chi connectivity index (χ1n) is 4.82. The van der Waals surface area contributed by atoms with Crippen LogP contribution in [0.4, 0.5) is 0 Å². The Bertz CT molecular complexity index is 281. The van der Waals surface area contributed by atoms with Crippen molar-refractivity contribution in [1.29, 1.82) is 0 Å². The Kier molecular flexibility index (Phi) is 4.13. The van der Waals surface area contributed by atoms with E-state index in [1.54, 1.807) is 0 Å². The average molecular weight is 260 g/mol. The molecule has 80 valence electrons. The number of halogens is 1. The van der Waals surface area contributed by atoms with Crippen LogP contribution in [0.25, 0.3) is 0 Å². The van der Waals surface area contributed by atoms with E-state index in [1.165, 1.54) is 5.56 Å². The van der Waals surface area contributed by atoms with Crippen molar-refractivity contribution in [2.75, 3.05) is 5.33 Å². The van der Waals surface area contributed by atoms with Crippen molar-refractivity contribution < 1.29 is 0 Å². The summed E-state index contributed by atoms with van der Waals surface area (Å²) in [6.07, 6.45) is 5.06. The maximum absolute atomic E-state index is 4.13. The summed E-state index contributed by atoms with van der Waals surface area (Å²) in [6.45, 7) is 5.31. The Morgan fingerprint density at radius 1 is 1.57 bits per heavy atom. The summed E-state index contributed by atoms with van der Waals surface area (Å²) in [6, 6.07) is 0. The van der Waals surface area contributed by atoms with Crippen LogP contribution in [0, 0.1) is 0 Å². The van der Waals surface area contributed by atoms with Gasteiger partial charge in [0.1, 0.15) is 0 Å². The molecule has 0 saturated heterocycles. The van der Waals surface area contributed by atoms with Crippen LogP contribution in [0.15, 0.2) is 12.4 Å². The highest BCUT2D eigenvalue weighted by atomic mass is 79.9. The van der Waals surface area contributed by atoms with E-state index in [-0.39, 0.29) is 5.54 Å². The number of nitrogens with one attached hydrogen (secondary N) is 1. The highest BCUT2D eigenvalue weighted by Crippen LogP contribution is 2.11. The highest BCUT2D eigenvalue weighted by molar-refractivity contribution is 9.09.